The van der Waals surface area contributed by atoms with Gasteiger partial charge in [0.2, 0.25) is 5.82 Å². The van der Waals surface area contributed by atoms with Gasteiger partial charge in [0.1, 0.15) is 0 Å². The maximum atomic E-state index is 12.7. The van der Waals surface area contributed by atoms with Crippen LogP contribution in [0.15, 0.2) is 36.7 Å². The molecule has 28 heavy (non-hydrogen) atoms. The molecule has 5 rings (SSSR count). The van der Waals surface area contributed by atoms with E-state index in [0.717, 1.165) is 37.9 Å². The van der Waals surface area contributed by atoms with Gasteiger partial charge in [-0.05, 0) is 43.9 Å². The summed E-state index contributed by atoms with van der Waals surface area (Å²) < 4.78 is 44.2. The van der Waals surface area contributed by atoms with E-state index in [1.165, 1.54) is 12.4 Å². The van der Waals surface area contributed by atoms with Gasteiger partial charge in [0.05, 0.1) is 23.8 Å². The fourth-order valence-electron chi connectivity index (χ4n) is 4.06. The lowest BCUT2D eigenvalue weighted by molar-refractivity contribution is -0.185. The van der Waals surface area contributed by atoms with Crippen molar-refractivity contribution in [1.82, 2.24) is 9.97 Å². The van der Waals surface area contributed by atoms with Crippen LogP contribution in [-0.2, 0) is 16.5 Å². The summed E-state index contributed by atoms with van der Waals surface area (Å²) in [5.74, 6) is -1.13. The van der Waals surface area contributed by atoms with Crippen LogP contribution in [0, 0.1) is 16.7 Å². The molecule has 2 saturated heterocycles. The highest BCUT2D eigenvalue weighted by Crippen LogP contribution is 2.53. The predicted octanol–water partition coefficient (Wildman–Crippen LogP) is 4.27. The molecule has 2 aromatic rings. The minimum atomic E-state index is -4.54. The van der Waals surface area contributed by atoms with Crippen molar-refractivity contribution in [1.29, 1.82) is 5.26 Å². The lowest BCUT2D eigenvalue weighted by Gasteiger charge is -2.53. The molecule has 0 unspecified atom stereocenters. The molecule has 2 bridgehead atoms. The zero-order chi connectivity index (χ0) is 19.8. The van der Waals surface area contributed by atoms with Crippen molar-refractivity contribution in [2.45, 2.75) is 37.5 Å². The van der Waals surface area contributed by atoms with E-state index in [-0.39, 0.29) is 5.41 Å². The third-order valence-electron chi connectivity index (χ3n) is 5.86. The molecule has 0 spiro atoms. The number of benzene rings is 1. The first-order valence-electron chi connectivity index (χ1n) is 9.12. The highest BCUT2D eigenvalue weighted by atomic mass is 19.4. The minimum Gasteiger partial charge on any atom is -0.384 e. The summed E-state index contributed by atoms with van der Waals surface area (Å²) in [6.45, 7) is 1.25. The third kappa shape index (κ3) is 3.42. The number of hydrogen-bond donors (Lipinski definition) is 1. The Balaban J connectivity index is 1.43. The standard InChI is InChI=1S/C20H19F3N4O/c21-20(22,23)17-25-10-15(11-26-17)19-6-4-18(5-7-19,13-28-19)12-27-16-3-1-2-14(8-16)9-24/h1-3,8,10-11,27H,4-7,12-13H2. The van der Waals surface area contributed by atoms with Gasteiger partial charge >= 0.3 is 6.18 Å². The zero-order valence-corrected chi connectivity index (χ0v) is 15.1. The molecule has 0 atom stereocenters. The Morgan fingerprint density at radius 3 is 2.43 bits per heavy atom. The Labute approximate surface area is 160 Å². The molecule has 3 heterocycles. The number of fused-ring (bicyclic) bond motifs is 3. The van der Waals surface area contributed by atoms with Crippen molar-refractivity contribution in [3.05, 3.63) is 53.6 Å². The summed E-state index contributed by atoms with van der Waals surface area (Å²) in [7, 11) is 0. The summed E-state index contributed by atoms with van der Waals surface area (Å²) in [5, 5.41) is 12.4. The maximum absolute atomic E-state index is 12.7. The van der Waals surface area contributed by atoms with Crippen LogP contribution >= 0.6 is 0 Å². The maximum Gasteiger partial charge on any atom is 0.451 e. The van der Waals surface area contributed by atoms with Crippen molar-refractivity contribution in [2.24, 2.45) is 5.41 Å². The van der Waals surface area contributed by atoms with E-state index < -0.39 is 17.6 Å². The number of aromatic nitrogens is 2. The number of hydrogen-bond acceptors (Lipinski definition) is 5. The van der Waals surface area contributed by atoms with E-state index in [1.54, 1.807) is 6.07 Å². The van der Waals surface area contributed by atoms with Crippen LogP contribution in [0.1, 0.15) is 42.6 Å². The van der Waals surface area contributed by atoms with E-state index in [4.69, 9.17) is 10.00 Å². The van der Waals surface area contributed by atoms with Crippen LogP contribution in [0.2, 0.25) is 0 Å². The number of halogens is 3. The largest absolute Gasteiger partial charge is 0.451 e. The molecule has 2 aliphatic heterocycles. The number of rotatable bonds is 4. The Morgan fingerprint density at radius 1 is 1.14 bits per heavy atom. The number of anilines is 1. The normalized spacial score (nSPS) is 26.6. The summed E-state index contributed by atoms with van der Waals surface area (Å²) in [4.78, 5) is 6.98. The van der Waals surface area contributed by atoms with Crippen LogP contribution in [0.4, 0.5) is 18.9 Å². The molecule has 8 heteroatoms. The minimum absolute atomic E-state index is 0.0167. The van der Waals surface area contributed by atoms with Crippen molar-refractivity contribution < 1.29 is 17.9 Å². The Kier molecular flexibility index (Phi) is 4.50. The van der Waals surface area contributed by atoms with E-state index in [9.17, 15) is 13.2 Å². The molecule has 146 valence electrons. The first kappa shape index (κ1) is 18.7. The van der Waals surface area contributed by atoms with Crippen LogP contribution < -0.4 is 5.32 Å². The molecule has 1 aromatic heterocycles. The number of ether oxygens (including phenoxy) is 1. The van der Waals surface area contributed by atoms with Crippen LogP contribution in [0.25, 0.3) is 0 Å². The molecular weight excluding hydrogens is 369 g/mol. The summed E-state index contributed by atoms with van der Waals surface area (Å²) in [5.41, 5.74) is 1.51. The topological polar surface area (TPSA) is 70.8 Å². The van der Waals surface area contributed by atoms with Crippen molar-refractivity contribution >= 4 is 5.69 Å². The van der Waals surface area contributed by atoms with Crippen molar-refractivity contribution in [2.75, 3.05) is 18.5 Å². The second-order valence-corrected chi connectivity index (χ2v) is 7.62. The smallest absolute Gasteiger partial charge is 0.384 e. The SMILES string of the molecule is N#Cc1cccc(NCC23CCC(c4cnc(C(F)(F)F)nc4)(CC2)OC3)c1. The fraction of sp³-hybridized carbons (Fsp3) is 0.450. The van der Waals surface area contributed by atoms with Gasteiger partial charge in [-0.2, -0.15) is 18.4 Å². The Hall–Kier alpha value is -2.66. The predicted molar refractivity (Wildman–Crippen MR) is 95.2 cm³/mol. The Bertz CT molecular complexity index is 880. The van der Waals surface area contributed by atoms with Gasteiger partial charge in [-0.1, -0.05) is 6.07 Å². The van der Waals surface area contributed by atoms with E-state index in [1.807, 2.05) is 18.2 Å². The van der Waals surface area contributed by atoms with Gasteiger partial charge in [-0.15, -0.1) is 0 Å². The van der Waals surface area contributed by atoms with Gasteiger partial charge in [0.25, 0.3) is 0 Å². The number of nitriles is 1. The summed E-state index contributed by atoms with van der Waals surface area (Å²) in [6.07, 6.45) is 1.21. The molecule has 5 nitrogen and oxygen atoms in total. The molecular formula is C20H19F3N4O. The third-order valence-corrected chi connectivity index (χ3v) is 5.86. The highest BCUT2D eigenvalue weighted by Gasteiger charge is 2.51. The molecule has 3 aliphatic rings. The number of alkyl halides is 3. The zero-order valence-electron chi connectivity index (χ0n) is 15.1. The first-order valence-corrected chi connectivity index (χ1v) is 9.12. The average molecular weight is 388 g/mol. The lowest BCUT2D eigenvalue weighted by atomic mass is 9.64. The molecule has 0 radical (unpaired) electrons. The van der Waals surface area contributed by atoms with Crippen molar-refractivity contribution in [3.8, 4) is 6.07 Å². The fourth-order valence-corrected chi connectivity index (χ4v) is 4.06. The van der Waals surface area contributed by atoms with Crippen LogP contribution in [0.3, 0.4) is 0 Å². The van der Waals surface area contributed by atoms with E-state index in [0.29, 0.717) is 17.7 Å². The van der Waals surface area contributed by atoms with E-state index >= 15 is 0 Å². The highest BCUT2D eigenvalue weighted by molar-refractivity contribution is 5.49. The molecule has 1 saturated carbocycles. The quantitative estimate of drug-likeness (QED) is 0.847. The summed E-state index contributed by atoms with van der Waals surface area (Å²) in [6, 6.07) is 9.46. The average Bonchev–Trinajstić information content (AvgIpc) is 2.73. The molecule has 1 aliphatic carbocycles. The van der Waals surface area contributed by atoms with Crippen LogP contribution in [-0.4, -0.2) is 23.1 Å². The van der Waals surface area contributed by atoms with Gasteiger partial charge < -0.3 is 10.1 Å². The first-order chi connectivity index (χ1) is 13.3. The van der Waals surface area contributed by atoms with E-state index in [2.05, 4.69) is 21.4 Å². The molecule has 3 fully saturated rings. The molecule has 1 N–H and O–H groups in total. The number of nitrogens with one attached hydrogen (secondary N) is 1. The summed E-state index contributed by atoms with van der Waals surface area (Å²) >= 11 is 0. The second kappa shape index (κ2) is 6.74. The molecule has 1 aromatic carbocycles. The lowest BCUT2D eigenvalue weighted by Crippen LogP contribution is -2.52. The Morgan fingerprint density at radius 2 is 1.86 bits per heavy atom. The van der Waals surface area contributed by atoms with Gasteiger partial charge in [0, 0.05) is 35.6 Å². The monoisotopic (exact) mass is 388 g/mol. The van der Waals surface area contributed by atoms with Crippen molar-refractivity contribution in [3.63, 3.8) is 0 Å². The second-order valence-electron chi connectivity index (χ2n) is 7.62. The number of nitrogens with zero attached hydrogens (tertiary/aromatic N) is 3. The van der Waals surface area contributed by atoms with Gasteiger partial charge in [0.15, 0.2) is 0 Å². The van der Waals surface area contributed by atoms with Gasteiger partial charge in [-0.3, -0.25) is 0 Å². The molecule has 0 amide bonds. The van der Waals surface area contributed by atoms with Gasteiger partial charge in [-0.25, -0.2) is 9.97 Å². The van der Waals surface area contributed by atoms with Crippen LogP contribution in [0.5, 0.6) is 0 Å².